The van der Waals surface area contributed by atoms with Crippen LogP contribution in [0.2, 0.25) is 0 Å². The van der Waals surface area contributed by atoms with Crippen LogP contribution in [0.5, 0.6) is 0 Å². The van der Waals surface area contributed by atoms with Gasteiger partial charge in [0.25, 0.3) is 0 Å². The lowest BCUT2D eigenvalue weighted by molar-refractivity contribution is -0.125. The van der Waals surface area contributed by atoms with Crippen LogP contribution in [-0.2, 0) is 16.0 Å². The Bertz CT molecular complexity index is 455. The first-order valence-corrected chi connectivity index (χ1v) is 7.12. The molecule has 0 aliphatic carbocycles. The summed E-state index contributed by atoms with van der Waals surface area (Å²) in [6.45, 7) is 2.16. The first-order chi connectivity index (χ1) is 8.63. The van der Waals surface area contributed by atoms with Crippen molar-refractivity contribution < 1.29 is 9.59 Å². The Hall–Kier alpha value is -1.16. The second kappa shape index (κ2) is 5.65. The van der Waals surface area contributed by atoms with Crippen molar-refractivity contribution in [1.82, 2.24) is 5.32 Å². The summed E-state index contributed by atoms with van der Waals surface area (Å²) in [6.07, 6.45) is 3.40. The van der Waals surface area contributed by atoms with E-state index in [2.05, 4.69) is 28.2 Å². The van der Waals surface area contributed by atoms with Crippen molar-refractivity contribution in [3.8, 4) is 0 Å². The Morgan fingerprint density at radius 2 is 1.83 bits per heavy atom. The fraction of sp³-hybridized carbons (Fsp3) is 0.429. The molecule has 1 aromatic rings. The summed E-state index contributed by atoms with van der Waals surface area (Å²) < 4.78 is 0. The van der Waals surface area contributed by atoms with Crippen LogP contribution in [0.25, 0.3) is 0 Å². The molecule has 0 spiro atoms. The summed E-state index contributed by atoms with van der Waals surface area (Å²) in [6, 6.07) is 7.98. The molecule has 1 heterocycles. The number of amides is 2. The van der Waals surface area contributed by atoms with Crippen molar-refractivity contribution in [3.05, 3.63) is 35.4 Å². The fourth-order valence-corrected chi connectivity index (χ4v) is 2.81. The molecule has 1 fully saturated rings. The number of imide groups is 1. The van der Waals surface area contributed by atoms with Gasteiger partial charge in [-0.3, -0.25) is 14.9 Å². The third-order valence-corrected chi connectivity index (χ3v) is 4.17. The van der Waals surface area contributed by atoms with Crippen LogP contribution in [0.4, 0.5) is 0 Å². The second-order valence-corrected chi connectivity index (χ2v) is 5.56. The van der Waals surface area contributed by atoms with Crippen LogP contribution < -0.4 is 5.32 Å². The Kier molecular flexibility index (Phi) is 4.17. The van der Waals surface area contributed by atoms with E-state index >= 15 is 0 Å². The molecule has 2 rings (SSSR count). The molecular formula is C14H16BrNO2. The van der Waals surface area contributed by atoms with Gasteiger partial charge < -0.3 is 0 Å². The largest absolute Gasteiger partial charge is 0.295 e. The highest BCUT2D eigenvalue weighted by Crippen LogP contribution is 2.30. The predicted molar refractivity (Wildman–Crippen MR) is 73.7 cm³/mol. The molecule has 0 aromatic heterocycles. The third kappa shape index (κ3) is 2.64. The van der Waals surface area contributed by atoms with Crippen molar-refractivity contribution in [3.63, 3.8) is 0 Å². The van der Waals surface area contributed by atoms with Gasteiger partial charge in [-0.15, -0.1) is 0 Å². The average molecular weight is 310 g/mol. The van der Waals surface area contributed by atoms with Crippen molar-refractivity contribution in [1.29, 1.82) is 0 Å². The van der Waals surface area contributed by atoms with E-state index in [1.54, 1.807) is 0 Å². The molecule has 2 atom stereocenters. The summed E-state index contributed by atoms with van der Waals surface area (Å²) in [5.74, 6) is -0.874. The number of carbonyl (C=O) groups is 2. The Labute approximate surface area is 115 Å². The molecule has 18 heavy (non-hydrogen) atoms. The maximum absolute atomic E-state index is 11.7. The van der Waals surface area contributed by atoms with Crippen LogP contribution >= 0.6 is 15.9 Å². The maximum atomic E-state index is 11.7. The number of rotatable bonds is 4. The molecule has 1 aliphatic rings. The molecule has 2 amide bonds. The Balaban J connectivity index is 2.14. The van der Waals surface area contributed by atoms with Gasteiger partial charge in [0.1, 0.15) is 4.83 Å². The summed E-state index contributed by atoms with van der Waals surface area (Å²) in [4.78, 5) is 22.6. The molecular weight excluding hydrogens is 294 g/mol. The molecule has 0 bridgehead atoms. The van der Waals surface area contributed by atoms with Gasteiger partial charge in [0.2, 0.25) is 11.8 Å². The fourth-order valence-electron chi connectivity index (χ4n) is 2.15. The van der Waals surface area contributed by atoms with Gasteiger partial charge in [0.05, 0.1) is 5.92 Å². The number of hydrogen-bond acceptors (Lipinski definition) is 2. The number of alkyl halides is 1. The predicted octanol–water partition coefficient (Wildman–Crippen LogP) is 2.53. The summed E-state index contributed by atoms with van der Waals surface area (Å²) in [5.41, 5.74) is 2.16. The highest BCUT2D eigenvalue weighted by molar-refractivity contribution is 9.10. The lowest BCUT2D eigenvalue weighted by Gasteiger charge is -2.10. The minimum atomic E-state index is -0.452. The number of halogens is 1. The van der Waals surface area contributed by atoms with Crippen LogP contribution in [0.15, 0.2) is 24.3 Å². The number of hydrogen-bond donors (Lipinski definition) is 1. The van der Waals surface area contributed by atoms with Crippen molar-refractivity contribution in [2.24, 2.45) is 0 Å². The van der Waals surface area contributed by atoms with E-state index in [-0.39, 0.29) is 11.8 Å². The molecule has 2 unspecified atom stereocenters. The molecule has 3 nitrogen and oxygen atoms in total. The first kappa shape index (κ1) is 13.3. The van der Waals surface area contributed by atoms with E-state index in [0.29, 0.717) is 0 Å². The van der Waals surface area contributed by atoms with Crippen molar-refractivity contribution in [2.45, 2.75) is 36.9 Å². The smallest absolute Gasteiger partial charge is 0.241 e. The normalized spacial score (nSPS) is 23.2. The van der Waals surface area contributed by atoms with E-state index in [1.807, 2.05) is 24.3 Å². The maximum Gasteiger partial charge on any atom is 0.241 e. The molecule has 1 N–H and O–H groups in total. The molecule has 1 saturated heterocycles. The SMILES string of the molecule is CCCCc1ccc(C2C(=O)NC(=O)C2Br)cc1. The molecule has 96 valence electrons. The number of benzene rings is 1. The summed E-state index contributed by atoms with van der Waals surface area (Å²) in [5, 5.41) is 2.34. The third-order valence-electron chi connectivity index (χ3n) is 3.23. The minimum absolute atomic E-state index is 0.219. The molecule has 1 aliphatic heterocycles. The number of aryl methyl sites for hydroxylation is 1. The zero-order chi connectivity index (χ0) is 13.1. The number of nitrogens with one attached hydrogen (secondary N) is 1. The van der Waals surface area contributed by atoms with E-state index < -0.39 is 10.7 Å². The van der Waals surface area contributed by atoms with Crippen LogP contribution in [0.1, 0.15) is 36.8 Å². The summed E-state index contributed by atoms with van der Waals surface area (Å²) >= 11 is 3.27. The van der Waals surface area contributed by atoms with E-state index in [9.17, 15) is 9.59 Å². The summed E-state index contributed by atoms with van der Waals surface area (Å²) in [7, 11) is 0. The van der Waals surface area contributed by atoms with Crippen molar-refractivity contribution >= 4 is 27.7 Å². The second-order valence-electron chi connectivity index (χ2n) is 4.58. The van der Waals surface area contributed by atoms with Gasteiger partial charge in [0.15, 0.2) is 0 Å². The van der Waals surface area contributed by atoms with Gasteiger partial charge in [-0.25, -0.2) is 0 Å². The van der Waals surface area contributed by atoms with Gasteiger partial charge >= 0.3 is 0 Å². The Morgan fingerprint density at radius 3 is 2.33 bits per heavy atom. The lowest BCUT2D eigenvalue weighted by Crippen LogP contribution is -2.22. The number of unbranched alkanes of at least 4 members (excludes halogenated alkanes) is 1. The van der Waals surface area contributed by atoms with Crippen LogP contribution in [0.3, 0.4) is 0 Å². The van der Waals surface area contributed by atoms with Crippen LogP contribution in [-0.4, -0.2) is 16.6 Å². The molecule has 0 saturated carbocycles. The number of carbonyl (C=O) groups excluding carboxylic acids is 2. The Morgan fingerprint density at radius 1 is 1.17 bits per heavy atom. The standard InChI is InChI=1S/C14H16BrNO2/c1-2-3-4-9-5-7-10(8-6-9)11-12(15)14(18)16-13(11)17/h5-8,11-12H,2-4H2,1H3,(H,16,17,18). The van der Waals surface area contributed by atoms with Crippen LogP contribution in [0, 0.1) is 0 Å². The van der Waals surface area contributed by atoms with Gasteiger partial charge in [-0.1, -0.05) is 53.5 Å². The quantitative estimate of drug-likeness (QED) is 0.686. The van der Waals surface area contributed by atoms with E-state index in [1.165, 1.54) is 18.4 Å². The van der Waals surface area contributed by atoms with E-state index in [4.69, 9.17) is 0 Å². The lowest BCUT2D eigenvalue weighted by atomic mass is 9.95. The topological polar surface area (TPSA) is 46.2 Å². The van der Waals surface area contributed by atoms with E-state index in [0.717, 1.165) is 12.0 Å². The van der Waals surface area contributed by atoms with Gasteiger partial charge in [-0.2, -0.15) is 0 Å². The molecule has 4 heteroatoms. The van der Waals surface area contributed by atoms with Gasteiger partial charge in [0, 0.05) is 0 Å². The highest BCUT2D eigenvalue weighted by atomic mass is 79.9. The van der Waals surface area contributed by atoms with Gasteiger partial charge in [-0.05, 0) is 24.0 Å². The molecule has 1 aromatic carbocycles. The monoisotopic (exact) mass is 309 g/mol. The zero-order valence-corrected chi connectivity index (χ0v) is 11.9. The molecule has 0 radical (unpaired) electrons. The van der Waals surface area contributed by atoms with Crippen molar-refractivity contribution in [2.75, 3.05) is 0 Å². The average Bonchev–Trinajstić information content (AvgIpc) is 2.62. The first-order valence-electron chi connectivity index (χ1n) is 6.21. The zero-order valence-electron chi connectivity index (χ0n) is 10.3. The minimum Gasteiger partial charge on any atom is -0.295 e. The highest BCUT2D eigenvalue weighted by Gasteiger charge is 2.40.